The summed E-state index contributed by atoms with van der Waals surface area (Å²) in [6.07, 6.45) is 4.47. The number of carbonyl (C=O) groups excluding carboxylic acids is 1. The molecule has 3 nitrogen and oxygen atoms in total. The van der Waals surface area contributed by atoms with Gasteiger partial charge in [0.2, 0.25) is 0 Å². The van der Waals surface area contributed by atoms with E-state index in [0.717, 1.165) is 11.0 Å². The van der Waals surface area contributed by atoms with Crippen molar-refractivity contribution in [2.45, 2.75) is 17.6 Å². The van der Waals surface area contributed by atoms with Gasteiger partial charge in [-0.15, -0.1) is 0 Å². The van der Waals surface area contributed by atoms with Crippen LogP contribution in [0.25, 0.3) is 0 Å². The van der Waals surface area contributed by atoms with Crippen molar-refractivity contribution >= 4 is 33.6 Å². The van der Waals surface area contributed by atoms with Crippen LogP contribution in [-0.4, -0.2) is 30.6 Å². The third kappa shape index (κ3) is 3.01. The van der Waals surface area contributed by atoms with Crippen molar-refractivity contribution in [3.05, 3.63) is 28.2 Å². The van der Waals surface area contributed by atoms with E-state index in [1.807, 2.05) is 17.8 Å². The van der Waals surface area contributed by atoms with Crippen molar-refractivity contribution in [3.63, 3.8) is 0 Å². The molecule has 0 atom stereocenters. The van der Waals surface area contributed by atoms with E-state index in [1.165, 1.54) is 12.8 Å². The van der Waals surface area contributed by atoms with Gasteiger partial charge in [-0.05, 0) is 37.3 Å². The molecule has 0 aromatic heterocycles. The van der Waals surface area contributed by atoms with Crippen LogP contribution < -0.4 is 10.1 Å². The standard InChI is InChI=1S/C13H16BrNO2S/c1-17-11-7-9(14)3-4-10(11)12(16)15-8-13(18-2)5-6-13/h3-4,7H,5-6,8H2,1-2H3,(H,15,16). The predicted octanol–water partition coefficient (Wildman–Crippen LogP) is 3.08. The van der Waals surface area contributed by atoms with Gasteiger partial charge in [0.05, 0.1) is 12.7 Å². The number of ether oxygens (including phenoxy) is 1. The second-order valence-electron chi connectivity index (χ2n) is 4.41. The zero-order valence-corrected chi connectivity index (χ0v) is 12.9. The molecule has 0 radical (unpaired) electrons. The van der Waals surface area contributed by atoms with Gasteiger partial charge in [-0.2, -0.15) is 11.8 Å². The van der Waals surface area contributed by atoms with Crippen LogP contribution in [0.15, 0.2) is 22.7 Å². The number of hydrogen-bond acceptors (Lipinski definition) is 3. The summed E-state index contributed by atoms with van der Waals surface area (Å²) < 4.78 is 6.40. The Hall–Kier alpha value is -0.680. The molecule has 0 aliphatic heterocycles. The first-order valence-corrected chi connectivity index (χ1v) is 7.79. The smallest absolute Gasteiger partial charge is 0.255 e. The molecule has 0 saturated heterocycles. The van der Waals surface area contributed by atoms with Crippen molar-refractivity contribution < 1.29 is 9.53 Å². The number of nitrogens with one attached hydrogen (secondary N) is 1. The largest absolute Gasteiger partial charge is 0.496 e. The molecule has 0 spiro atoms. The van der Waals surface area contributed by atoms with Gasteiger partial charge >= 0.3 is 0 Å². The molecular weight excluding hydrogens is 314 g/mol. The fraction of sp³-hybridized carbons (Fsp3) is 0.462. The quantitative estimate of drug-likeness (QED) is 0.902. The molecule has 1 aliphatic carbocycles. The number of hydrogen-bond donors (Lipinski definition) is 1. The van der Waals surface area contributed by atoms with E-state index < -0.39 is 0 Å². The Morgan fingerprint density at radius 2 is 2.28 bits per heavy atom. The van der Waals surface area contributed by atoms with Crippen molar-refractivity contribution in [2.24, 2.45) is 0 Å². The fourth-order valence-electron chi connectivity index (χ4n) is 1.78. The maximum absolute atomic E-state index is 12.1. The highest BCUT2D eigenvalue weighted by atomic mass is 79.9. The van der Waals surface area contributed by atoms with Crippen LogP contribution in [0.4, 0.5) is 0 Å². The highest BCUT2D eigenvalue weighted by Crippen LogP contribution is 2.46. The minimum Gasteiger partial charge on any atom is -0.496 e. The monoisotopic (exact) mass is 329 g/mol. The Balaban J connectivity index is 2.04. The normalized spacial score (nSPS) is 16.2. The summed E-state index contributed by atoms with van der Waals surface area (Å²) >= 11 is 5.20. The van der Waals surface area contributed by atoms with Crippen molar-refractivity contribution in [2.75, 3.05) is 19.9 Å². The van der Waals surface area contributed by atoms with E-state index in [9.17, 15) is 4.79 Å². The van der Waals surface area contributed by atoms with E-state index >= 15 is 0 Å². The number of methoxy groups -OCH3 is 1. The molecule has 1 aromatic rings. The van der Waals surface area contributed by atoms with Crippen molar-refractivity contribution in [1.29, 1.82) is 0 Å². The maximum Gasteiger partial charge on any atom is 0.255 e. The summed E-state index contributed by atoms with van der Waals surface area (Å²) in [5, 5.41) is 2.99. The first kappa shape index (κ1) is 13.7. The van der Waals surface area contributed by atoms with E-state index in [1.54, 1.807) is 19.2 Å². The topological polar surface area (TPSA) is 38.3 Å². The lowest BCUT2D eigenvalue weighted by molar-refractivity contribution is 0.0950. The van der Waals surface area contributed by atoms with Crippen LogP contribution in [0.1, 0.15) is 23.2 Å². The molecular formula is C13H16BrNO2S. The van der Waals surface area contributed by atoms with Gasteiger partial charge in [-0.1, -0.05) is 15.9 Å². The van der Waals surface area contributed by atoms with Crippen LogP contribution in [0, 0.1) is 0 Å². The number of benzene rings is 1. The maximum atomic E-state index is 12.1. The van der Waals surface area contributed by atoms with E-state index in [0.29, 0.717) is 11.3 Å². The number of halogens is 1. The van der Waals surface area contributed by atoms with Crippen LogP contribution >= 0.6 is 27.7 Å². The molecule has 1 aliphatic rings. The predicted molar refractivity (Wildman–Crippen MR) is 78.5 cm³/mol. The Labute approximate surface area is 120 Å². The highest BCUT2D eigenvalue weighted by Gasteiger charge is 2.42. The second-order valence-corrected chi connectivity index (χ2v) is 6.60. The zero-order valence-electron chi connectivity index (χ0n) is 10.5. The van der Waals surface area contributed by atoms with Crippen molar-refractivity contribution in [1.82, 2.24) is 5.32 Å². The average Bonchev–Trinajstić information content (AvgIpc) is 3.16. The molecule has 5 heteroatoms. The lowest BCUT2D eigenvalue weighted by Crippen LogP contribution is -2.31. The molecule has 0 unspecified atom stereocenters. The number of thioether (sulfide) groups is 1. The van der Waals surface area contributed by atoms with E-state index in [-0.39, 0.29) is 10.7 Å². The van der Waals surface area contributed by atoms with Crippen LogP contribution in [0.3, 0.4) is 0 Å². The van der Waals surface area contributed by atoms with Gasteiger partial charge in [0.1, 0.15) is 5.75 Å². The molecule has 1 amide bonds. The SMILES string of the molecule is COc1cc(Br)ccc1C(=O)NCC1(SC)CC1. The van der Waals surface area contributed by atoms with Crippen molar-refractivity contribution in [3.8, 4) is 5.75 Å². The third-order valence-electron chi connectivity index (χ3n) is 3.22. The third-order valence-corrected chi connectivity index (χ3v) is 5.13. The summed E-state index contributed by atoms with van der Waals surface area (Å²) in [7, 11) is 1.57. The summed E-state index contributed by atoms with van der Waals surface area (Å²) in [4.78, 5) is 12.1. The Morgan fingerprint density at radius 3 is 2.83 bits per heavy atom. The molecule has 1 N–H and O–H groups in total. The molecule has 1 saturated carbocycles. The first-order chi connectivity index (χ1) is 8.60. The highest BCUT2D eigenvalue weighted by molar-refractivity contribution is 9.10. The Bertz CT molecular complexity index is 460. The molecule has 0 bridgehead atoms. The van der Waals surface area contributed by atoms with E-state index in [2.05, 4.69) is 27.5 Å². The number of amides is 1. The van der Waals surface area contributed by atoms with Gasteiger partial charge < -0.3 is 10.1 Å². The number of rotatable bonds is 5. The minimum absolute atomic E-state index is 0.0697. The van der Waals surface area contributed by atoms with Gasteiger partial charge in [-0.25, -0.2) is 0 Å². The van der Waals surface area contributed by atoms with Gasteiger partial charge in [0.15, 0.2) is 0 Å². The molecule has 1 aromatic carbocycles. The summed E-state index contributed by atoms with van der Waals surface area (Å²) in [5.41, 5.74) is 0.581. The van der Waals surface area contributed by atoms with Gasteiger partial charge in [0, 0.05) is 15.8 Å². The zero-order chi connectivity index (χ0) is 13.2. The summed E-state index contributed by atoms with van der Waals surface area (Å²) in [6, 6.07) is 5.42. The fourth-order valence-corrected chi connectivity index (χ4v) is 2.85. The van der Waals surface area contributed by atoms with E-state index in [4.69, 9.17) is 4.74 Å². The Morgan fingerprint density at radius 1 is 1.56 bits per heavy atom. The average molecular weight is 330 g/mol. The Kier molecular flexibility index (Phi) is 4.22. The summed E-state index contributed by atoms with van der Waals surface area (Å²) in [6.45, 7) is 0.728. The molecule has 18 heavy (non-hydrogen) atoms. The number of carbonyl (C=O) groups is 1. The molecule has 98 valence electrons. The molecule has 0 heterocycles. The van der Waals surface area contributed by atoms with Gasteiger partial charge in [0.25, 0.3) is 5.91 Å². The second kappa shape index (κ2) is 5.53. The molecule has 1 fully saturated rings. The van der Waals surface area contributed by atoms with Crippen LogP contribution in [0.2, 0.25) is 0 Å². The minimum atomic E-state index is -0.0697. The lowest BCUT2D eigenvalue weighted by atomic mass is 10.2. The summed E-state index contributed by atoms with van der Waals surface area (Å²) in [5.74, 6) is 0.524. The van der Waals surface area contributed by atoms with Gasteiger partial charge in [-0.3, -0.25) is 4.79 Å². The molecule has 2 rings (SSSR count). The van der Waals surface area contributed by atoms with Crippen LogP contribution in [0.5, 0.6) is 5.75 Å². The first-order valence-electron chi connectivity index (χ1n) is 5.77. The van der Waals surface area contributed by atoms with Crippen LogP contribution in [-0.2, 0) is 0 Å². The lowest BCUT2D eigenvalue weighted by Gasteiger charge is -2.14.